The molecule has 1 aromatic rings. The summed E-state index contributed by atoms with van der Waals surface area (Å²) in [7, 11) is 1.60. The second kappa shape index (κ2) is 4.80. The smallest absolute Gasteiger partial charge is 0.213 e. The van der Waals surface area contributed by atoms with Gasteiger partial charge < -0.3 is 14.2 Å². The standard InChI is InChI=1S/C12H17NO3/c1-3-12(15-7-4-8-16-12)10-5-6-13-11(9-10)14-2/h5-6,9H,3-4,7-8H2,1-2H3. The van der Waals surface area contributed by atoms with Crippen LogP contribution in [0.2, 0.25) is 0 Å². The molecule has 88 valence electrons. The fraction of sp³-hybridized carbons (Fsp3) is 0.583. The van der Waals surface area contributed by atoms with Crippen LogP contribution < -0.4 is 4.74 Å². The topological polar surface area (TPSA) is 40.6 Å². The number of ether oxygens (including phenoxy) is 3. The Labute approximate surface area is 95.5 Å². The summed E-state index contributed by atoms with van der Waals surface area (Å²) < 4.78 is 16.7. The molecule has 0 bridgehead atoms. The van der Waals surface area contributed by atoms with Gasteiger partial charge in [-0.3, -0.25) is 0 Å². The highest BCUT2D eigenvalue weighted by Gasteiger charge is 2.35. The van der Waals surface area contributed by atoms with Crippen molar-refractivity contribution in [2.45, 2.75) is 25.6 Å². The van der Waals surface area contributed by atoms with E-state index >= 15 is 0 Å². The predicted molar refractivity (Wildman–Crippen MR) is 59.3 cm³/mol. The number of pyridine rings is 1. The van der Waals surface area contributed by atoms with Crippen LogP contribution in [0.5, 0.6) is 5.88 Å². The van der Waals surface area contributed by atoms with Crippen LogP contribution in [0.3, 0.4) is 0 Å². The van der Waals surface area contributed by atoms with Crippen molar-refractivity contribution in [2.75, 3.05) is 20.3 Å². The lowest BCUT2D eigenvalue weighted by Crippen LogP contribution is -2.37. The van der Waals surface area contributed by atoms with Crippen LogP contribution in [-0.2, 0) is 15.3 Å². The molecule has 0 unspecified atom stereocenters. The quantitative estimate of drug-likeness (QED) is 0.786. The van der Waals surface area contributed by atoms with E-state index in [1.54, 1.807) is 13.3 Å². The lowest BCUT2D eigenvalue weighted by Gasteiger charge is -2.36. The highest BCUT2D eigenvalue weighted by Crippen LogP contribution is 2.34. The van der Waals surface area contributed by atoms with Crippen molar-refractivity contribution in [3.8, 4) is 5.88 Å². The monoisotopic (exact) mass is 223 g/mol. The minimum atomic E-state index is -0.617. The minimum absolute atomic E-state index is 0.586. The van der Waals surface area contributed by atoms with Gasteiger partial charge in [0.05, 0.1) is 20.3 Å². The summed E-state index contributed by atoms with van der Waals surface area (Å²) in [6.07, 6.45) is 3.44. The summed E-state index contributed by atoms with van der Waals surface area (Å²) in [4.78, 5) is 4.08. The molecule has 0 radical (unpaired) electrons. The third-order valence-corrected chi connectivity index (χ3v) is 2.81. The molecule has 2 rings (SSSR count). The zero-order valence-electron chi connectivity index (χ0n) is 9.73. The molecule has 4 heteroatoms. The van der Waals surface area contributed by atoms with Crippen LogP contribution >= 0.6 is 0 Å². The number of hydrogen-bond acceptors (Lipinski definition) is 4. The van der Waals surface area contributed by atoms with Gasteiger partial charge in [0.15, 0.2) is 5.79 Å². The first-order valence-electron chi connectivity index (χ1n) is 5.59. The minimum Gasteiger partial charge on any atom is -0.481 e. The first-order valence-corrected chi connectivity index (χ1v) is 5.59. The Hall–Kier alpha value is -1.13. The largest absolute Gasteiger partial charge is 0.481 e. The summed E-state index contributed by atoms with van der Waals surface area (Å²) in [5, 5.41) is 0. The molecule has 1 aliphatic rings. The predicted octanol–water partition coefficient (Wildman–Crippen LogP) is 2.09. The molecule has 1 aliphatic heterocycles. The fourth-order valence-corrected chi connectivity index (χ4v) is 1.91. The van der Waals surface area contributed by atoms with Gasteiger partial charge in [0.2, 0.25) is 5.88 Å². The molecule has 0 saturated carbocycles. The van der Waals surface area contributed by atoms with Crippen molar-refractivity contribution in [1.82, 2.24) is 4.98 Å². The van der Waals surface area contributed by atoms with Gasteiger partial charge in [-0.05, 0) is 12.5 Å². The molecule has 1 aromatic heterocycles. The number of methoxy groups -OCH3 is 1. The van der Waals surface area contributed by atoms with Crippen molar-refractivity contribution < 1.29 is 14.2 Å². The van der Waals surface area contributed by atoms with E-state index in [0.29, 0.717) is 5.88 Å². The summed E-state index contributed by atoms with van der Waals surface area (Å²) in [6, 6.07) is 3.78. The molecule has 1 fully saturated rings. The Morgan fingerprint density at radius 1 is 1.44 bits per heavy atom. The first-order chi connectivity index (χ1) is 7.80. The number of hydrogen-bond donors (Lipinski definition) is 0. The van der Waals surface area contributed by atoms with E-state index in [-0.39, 0.29) is 0 Å². The Bertz CT molecular complexity index is 348. The Balaban J connectivity index is 2.31. The SMILES string of the molecule is CCC1(c2ccnc(OC)c2)OCCCO1. The lowest BCUT2D eigenvalue weighted by molar-refractivity contribution is -0.277. The fourth-order valence-electron chi connectivity index (χ4n) is 1.91. The molecular formula is C12H17NO3. The molecule has 0 amide bonds. The molecule has 0 aliphatic carbocycles. The van der Waals surface area contributed by atoms with Crippen molar-refractivity contribution in [3.63, 3.8) is 0 Å². The lowest BCUT2D eigenvalue weighted by atomic mass is 10.0. The summed E-state index contributed by atoms with van der Waals surface area (Å²) >= 11 is 0. The Morgan fingerprint density at radius 3 is 2.81 bits per heavy atom. The van der Waals surface area contributed by atoms with Crippen LogP contribution in [0, 0.1) is 0 Å². The third-order valence-electron chi connectivity index (χ3n) is 2.81. The van der Waals surface area contributed by atoms with Gasteiger partial charge in [-0.25, -0.2) is 4.98 Å². The molecule has 0 atom stereocenters. The van der Waals surface area contributed by atoms with Crippen molar-refractivity contribution in [3.05, 3.63) is 23.9 Å². The molecule has 16 heavy (non-hydrogen) atoms. The van der Waals surface area contributed by atoms with Crippen LogP contribution in [0.25, 0.3) is 0 Å². The van der Waals surface area contributed by atoms with E-state index < -0.39 is 5.79 Å². The summed E-state index contributed by atoms with van der Waals surface area (Å²) in [6.45, 7) is 3.52. The van der Waals surface area contributed by atoms with E-state index in [0.717, 1.165) is 31.6 Å². The molecule has 0 N–H and O–H groups in total. The van der Waals surface area contributed by atoms with Gasteiger partial charge in [0.1, 0.15) is 0 Å². The van der Waals surface area contributed by atoms with Gasteiger partial charge in [-0.1, -0.05) is 6.92 Å². The molecule has 2 heterocycles. The van der Waals surface area contributed by atoms with Gasteiger partial charge in [0, 0.05) is 24.2 Å². The average molecular weight is 223 g/mol. The summed E-state index contributed by atoms with van der Waals surface area (Å²) in [5.41, 5.74) is 0.974. The number of rotatable bonds is 3. The van der Waals surface area contributed by atoms with Gasteiger partial charge >= 0.3 is 0 Å². The van der Waals surface area contributed by atoms with E-state index in [2.05, 4.69) is 11.9 Å². The van der Waals surface area contributed by atoms with Crippen LogP contribution in [0.15, 0.2) is 18.3 Å². The third kappa shape index (κ3) is 2.03. The van der Waals surface area contributed by atoms with Crippen molar-refractivity contribution >= 4 is 0 Å². The molecular weight excluding hydrogens is 206 g/mol. The zero-order chi connectivity index (χ0) is 11.4. The molecule has 0 aromatic carbocycles. The zero-order valence-corrected chi connectivity index (χ0v) is 9.73. The molecule has 0 spiro atoms. The van der Waals surface area contributed by atoms with Crippen molar-refractivity contribution in [2.24, 2.45) is 0 Å². The second-order valence-electron chi connectivity index (χ2n) is 3.74. The second-order valence-corrected chi connectivity index (χ2v) is 3.74. The van der Waals surface area contributed by atoms with Gasteiger partial charge in [-0.15, -0.1) is 0 Å². The first kappa shape index (κ1) is 11.4. The number of nitrogens with zero attached hydrogens (tertiary/aromatic N) is 1. The Morgan fingerprint density at radius 2 is 2.19 bits per heavy atom. The van der Waals surface area contributed by atoms with Crippen LogP contribution in [0.4, 0.5) is 0 Å². The van der Waals surface area contributed by atoms with E-state index in [4.69, 9.17) is 14.2 Å². The van der Waals surface area contributed by atoms with Crippen LogP contribution in [-0.4, -0.2) is 25.3 Å². The highest BCUT2D eigenvalue weighted by atomic mass is 16.7. The normalized spacial score (nSPS) is 19.4. The maximum atomic E-state index is 5.79. The van der Waals surface area contributed by atoms with Crippen molar-refractivity contribution in [1.29, 1.82) is 0 Å². The number of aromatic nitrogens is 1. The Kier molecular flexibility index (Phi) is 3.41. The maximum Gasteiger partial charge on any atom is 0.213 e. The summed E-state index contributed by atoms with van der Waals surface area (Å²) in [5.74, 6) is -0.0304. The van der Waals surface area contributed by atoms with E-state index in [1.807, 2.05) is 12.1 Å². The van der Waals surface area contributed by atoms with Gasteiger partial charge in [-0.2, -0.15) is 0 Å². The molecule has 1 saturated heterocycles. The highest BCUT2D eigenvalue weighted by molar-refractivity contribution is 5.25. The van der Waals surface area contributed by atoms with E-state index in [9.17, 15) is 0 Å². The molecule has 4 nitrogen and oxygen atoms in total. The van der Waals surface area contributed by atoms with Gasteiger partial charge in [0.25, 0.3) is 0 Å². The average Bonchev–Trinajstić information content (AvgIpc) is 2.39. The van der Waals surface area contributed by atoms with E-state index in [1.165, 1.54) is 0 Å². The van der Waals surface area contributed by atoms with Crippen LogP contribution in [0.1, 0.15) is 25.3 Å². The maximum absolute atomic E-state index is 5.79.